The zero-order chi connectivity index (χ0) is 19.0. The number of nitrogens with zero attached hydrogens (tertiary/aromatic N) is 1. The number of rotatable bonds is 9. The Labute approximate surface area is 160 Å². The number of carbonyl (C=O) groups excluding carboxylic acids is 2. The standard InChI is InChI=1S/C19H28Cl2N2O2/c1-5-7-18(24)23(12-14-8-9-15(20)10-16(14)21)17(6-2)19(25)22-11-13(3)4/h8-10,13,17H,5-7,11-12H2,1-4H3,(H,22,25)/t17-/m1/s1. The fraction of sp³-hybridized carbons (Fsp3) is 0.579. The molecule has 140 valence electrons. The SMILES string of the molecule is CCCC(=O)N(Cc1ccc(Cl)cc1Cl)[C@H](CC)C(=O)NCC(C)C. The van der Waals surface area contributed by atoms with Crippen LogP contribution in [0.25, 0.3) is 0 Å². The van der Waals surface area contributed by atoms with E-state index in [9.17, 15) is 9.59 Å². The highest BCUT2D eigenvalue weighted by atomic mass is 35.5. The van der Waals surface area contributed by atoms with Gasteiger partial charge in [-0.25, -0.2) is 0 Å². The number of hydrogen-bond donors (Lipinski definition) is 1. The predicted octanol–water partition coefficient (Wildman–Crippen LogP) is 4.67. The lowest BCUT2D eigenvalue weighted by Gasteiger charge is -2.31. The predicted molar refractivity (Wildman–Crippen MR) is 104 cm³/mol. The highest BCUT2D eigenvalue weighted by Crippen LogP contribution is 2.24. The van der Waals surface area contributed by atoms with Crippen LogP contribution in [0.4, 0.5) is 0 Å². The van der Waals surface area contributed by atoms with Gasteiger partial charge in [-0.3, -0.25) is 9.59 Å². The van der Waals surface area contributed by atoms with Crippen LogP contribution in [-0.2, 0) is 16.1 Å². The maximum Gasteiger partial charge on any atom is 0.242 e. The van der Waals surface area contributed by atoms with Crippen molar-refractivity contribution in [3.05, 3.63) is 33.8 Å². The first kappa shape index (κ1) is 21.8. The molecule has 0 saturated heterocycles. The van der Waals surface area contributed by atoms with Gasteiger partial charge in [0.15, 0.2) is 0 Å². The minimum Gasteiger partial charge on any atom is -0.354 e. The molecule has 6 heteroatoms. The summed E-state index contributed by atoms with van der Waals surface area (Å²) in [6.45, 7) is 8.82. The van der Waals surface area contributed by atoms with Crippen LogP contribution >= 0.6 is 23.2 Å². The number of carbonyl (C=O) groups is 2. The molecule has 0 bridgehead atoms. The van der Waals surface area contributed by atoms with Gasteiger partial charge in [-0.05, 0) is 36.5 Å². The molecule has 4 nitrogen and oxygen atoms in total. The molecule has 2 amide bonds. The lowest BCUT2D eigenvalue weighted by molar-refractivity contribution is -0.141. The Morgan fingerprint density at radius 3 is 2.40 bits per heavy atom. The average Bonchev–Trinajstić information content (AvgIpc) is 2.54. The minimum absolute atomic E-state index is 0.0416. The zero-order valence-corrected chi connectivity index (χ0v) is 17.0. The molecule has 0 aliphatic heterocycles. The minimum atomic E-state index is -0.510. The van der Waals surface area contributed by atoms with E-state index in [0.717, 1.165) is 12.0 Å². The van der Waals surface area contributed by atoms with Gasteiger partial charge in [-0.15, -0.1) is 0 Å². The van der Waals surface area contributed by atoms with Crippen LogP contribution in [0.1, 0.15) is 52.5 Å². The Morgan fingerprint density at radius 1 is 1.20 bits per heavy atom. The molecule has 0 aromatic heterocycles. The molecule has 0 saturated carbocycles. The summed E-state index contributed by atoms with van der Waals surface area (Å²) >= 11 is 12.2. The molecule has 0 spiro atoms. The fourth-order valence-corrected chi connectivity index (χ4v) is 3.00. The second-order valence-corrected chi connectivity index (χ2v) is 7.41. The molecule has 1 aromatic carbocycles. The number of amides is 2. The second kappa shape index (κ2) is 10.7. The van der Waals surface area contributed by atoms with Gasteiger partial charge in [0, 0.05) is 29.6 Å². The number of hydrogen-bond acceptors (Lipinski definition) is 2. The highest BCUT2D eigenvalue weighted by molar-refractivity contribution is 6.35. The average molecular weight is 387 g/mol. The van der Waals surface area contributed by atoms with Crippen molar-refractivity contribution in [3.63, 3.8) is 0 Å². The normalized spacial score (nSPS) is 12.1. The molecule has 0 aliphatic carbocycles. The summed E-state index contributed by atoms with van der Waals surface area (Å²) in [5.74, 6) is 0.192. The molecule has 0 aliphatic rings. The Kier molecular flexibility index (Phi) is 9.30. The molecule has 1 atom stereocenters. The van der Waals surface area contributed by atoms with Gasteiger partial charge in [0.1, 0.15) is 6.04 Å². The first-order valence-electron chi connectivity index (χ1n) is 8.81. The van der Waals surface area contributed by atoms with Gasteiger partial charge in [0.25, 0.3) is 0 Å². The van der Waals surface area contributed by atoms with E-state index in [1.54, 1.807) is 23.1 Å². The van der Waals surface area contributed by atoms with E-state index >= 15 is 0 Å². The summed E-state index contributed by atoms with van der Waals surface area (Å²) in [5, 5.41) is 3.98. The van der Waals surface area contributed by atoms with E-state index in [2.05, 4.69) is 5.32 Å². The first-order valence-corrected chi connectivity index (χ1v) is 9.56. The molecule has 1 rings (SSSR count). The Balaban J connectivity index is 3.04. The summed E-state index contributed by atoms with van der Waals surface area (Å²) in [4.78, 5) is 26.9. The molecule has 0 heterocycles. The third-order valence-corrected chi connectivity index (χ3v) is 4.48. The molecule has 25 heavy (non-hydrogen) atoms. The van der Waals surface area contributed by atoms with Crippen molar-refractivity contribution in [2.75, 3.05) is 6.54 Å². The lowest BCUT2D eigenvalue weighted by Crippen LogP contribution is -2.49. The summed E-state index contributed by atoms with van der Waals surface area (Å²) in [6.07, 6.45) is 1.68. The van der Waals surface area contributed by atoms with Crippen molar-refractivity contribution in [1.82, 2.24) is 10.2 Å². The highest BCUT2D eigenvalue weighted by Gasteiger charge is 2.28. The van der Waals surface area contributed by atoms with E-state index in [1.807, 2.05) is 27.7 Å². The van der Waals surface area contributed by atoms with E-state index in [0.29, 0.717) is 41.9 Å². The van der Waals surface area contributed by atoms with E-state index in [-0.39, 0.29) is 11.8 Å². The van der Waals surface area contributed by atoms with Crippen LogP contribution < -0.4 is 5.32 Å². The van der Waals surface area contributed by atoms with Crippen LogP contribution in [-0.4, -0.2) is 29.3 Å². The zero-order valence-electron chi connectivity index (χ0n) is 15.4. The number of benzene rings is 1. The van der Waals surface area contributed by atoms with Gasteiger partial charge >= 0.3 is 0 Å². The van der Waals surface area contributed by atoms with Gasteiger partial charge < -0.3 is 10.2 Å². The second-order valence-electron chi connectivity index (χ2n) is 6.57. The van der Waals surface area contributed by atoms with Crippen LogP contribution in [0.5, 0.6) is 0 Å². The maximum atomic E-state index is 12.6. The van der Waals surface area contributed by atoms with Gasteiger partial charge in [0.2, 0.25) is 11.8 Å². The number of nitrogens with one attached hydrogen (secondary N) is 1. The topological polar surface area (TPSA) is 49.4 Å². The van der Waals surface area contributed by atoms with Crippen LogP contribution in [0.2, 0.25) is 10.0 Å². The fourth-order valence-electron chi connectivity index (χ4n) is 2.53. The Morgan fingerprint density at radius 2 is 1.88 bits per heavy atom. The van der Waals surface area contributed by atoms with Gasteiger partial charge in [0.05, 0.1) is 0 Å². The summed E-state index contributed by atoms with van der Waals surface area (Å²) < 4.78 is 0. The Bertz CT molecular complexity index is 591. The summed E-state index contributed by atoms with van der Waals surface area (Å²) in [5.41, 5.74) is 0.783. The third kappa shape index (κ3) is 6.87. The van der Waals surface area contributed by atoms with Crippen molar-refractivity contribution in [2.24, 2.45) is 5.92 Å². The molecule has 0 unspecified atom stereocenters. The van der Waals surface area contributed by atoms with E-state index in [4.69, 9.17) is 23.2 Å². The first-order chi connectivity index (χ1) is 11.8. The molecule has 1 N–H and O–H groups in total. The van der Waals surface area contributed by atoms with Gasteiger partial charge in [-0.2, -0.15) is 0 Å². The summed E-state index contributed by atoms with van der Waals surface area (Å²) in [6, 6.07) is 4.69. The van der Waals surface area contributed by atoms with E-state index < -0.39 is 6.04 Å². The summed E-state index contributed by atoms with van der Waals surface area (Å²) in [7, 11) is 0. The van der Waals surface area contributed by atoms with Crippen molar-refractivity contribution >= 4 is 35.0 Å². The lowest BCUT2D eigenvalue weighted by atomic mass is 10.1. The van der Waals surface area contributed by atoms with E-state index in [1.165, 1.54) is 0 Å². The number of halogens is 2. The van der Waals surface area contributed by atoms with Crippen molar-refractivity contribution in [2.45, 2.75) is 59.5 Å². The van der Waals surface area contributed by atoms with Crippen LogP contribution in [0, 0.1) is 5.92 Å². The van der Waals surface area contributed by atoms with Crippen molar-refractivity contribution in [1.29, 1.82) is 0 Å². The van der Waals surface area contributed by atoms with Crippen molar-refractivity contribution in [3.8, 4) is 0 Å². The molecule has 1 aromatic rings. The molecular weight excluding hydrogens is 359 g/mol. The molecule has 0 radical (unpaired) electrons. The smallest absolute Gasteiger partial charge is 0.242 e. The quantitative estimate of drug-likeness (QED) is 0.669. The largest absolute Gasteiger partial charge is 0.354 e. The Hall–Kier alpha value is -1.26. The van der Waals surface area contributed by atoms with Crippen LogP contribution in [0.15, 0.2) is 18.2 Å². The third-order valence-electron chi connectivity index (χ3n) is 3.89. The van der Waals surface area contributed by atoms with Crippen LogP contribution in [0.3, 0.4) is 0 Å². The maximum absolute atomic E-state index is 12.6. The van der Waals surface area contributed by atoms with Crippen molar-refractivity contribution < 1.29 is 9.59 Å². The molecular formula is C19H28Cl2N2O2. The molecule has 0 fully saturated rings. The van der Waals surface area contributed by atoms with Gasteiger partial charge in [-0.1, -0.05) is 57.0 Å². The monoisotopic (exact) mass is 386 g/mol.